The molecule has 17 heavy (non-hydrogen) atoms. The first-order valence-corrected chi connectivity index (χ1v) is 6.65. The molecule has 0 aliphatic rings. The molecule has 0 bridgehead atoms. The average molecular weight is 277 g/mol. The third-order valence-corrected chi connectivity index (χ3v) is 3.16. The molecule has 0 amide bonds. The Morgan fingerprint density at radius 3 is 2.59 bits per heavy atom. The molecule has 0 unspecified atom stereocenters. The molecule has 0 radical (unpaired) electrons. The van der Waals surface area contributed by atoms with Crippen molar-refractivity contribution >= 4 is 33.2 Å². The van der Waals surface area contributed by atoms with Crippen LogP contribution in [0.2, 0.25) is 0 Å². The first-order valence-electron chi connectivity index (χ1n) is 4.75. The highest BCUT2D eigenvalue weighted by Gasteiger charge is 2.21. The summed E-state index contributed by atoms with van der Waals surface area (Å²) in [5.41, 5.74) is 5.18. The van der Waals surface area contributed by atoms with Crippen molar-refractivity contribution in [3.05, 3.63) is 11.8 Å². The van der Waals surface area contributed by atoms with Crippen LogP contribution in [0.25, 0.3) is 0 Å². The van der Waals surface area contributed by atoms with Crippen LogP contribution in [0.1, 0.15) is 26.3 Å². The Hall–Kier alpha value is -1.19. The van der Waals surface area contributed by atoms with Crippen molar-refractivity contribution in [2.24, 2.45) is 5.73 Å². The zero-order valence-corrected chi connectivity index (χ0v) is 11.4. The number of hydrogen-bond donors (Lipinski definition) is 4. The second-order valence-electron chi connectivity index (χ2n) is 4.48. The van der Waals surface area contributed by atoms with Crippen molar-refractivity contribution in [2.75, 3.05) is 4.72 Å². The maximum Gasteiger partial charge on any atom is 0.300 e. The van der Waals surface area contributed by atoms with E-state index in [0.29, 0.717) is 5.56 Å². The number of hydrogen-bond acceptors (Lipinski definition) is 4. The lowest BCUT2D eigenvalue weighted by atomic mass is 10.1. The van der Waals surface area contributed by atoms with Gasteiger partial charge in [-0.25, -0.2) is 0 Å². The number of aromatic nitrogens is 2. The largest absolute Gasteiger partial charge is 0.389 e. The Labute approximate surface area is 105 Å². The molecule has 0 spiro atoms. The highest BCUT2D eigenvalue weighted by Crippen LogP contribution is 2.13. The lowest BCUT2D eigenvalue weighted by Crippen LogP contribution is -2.43. The number of rotatable bonds is 4. The molecule has 0 fully saturated rings. The lowest BCUT2D eigenvalue weighted by Gasteiger charge is -2.20. The summed E-state index contributed by atoms with van der Waals surface area (Å²) in [5.74, 6) is 0.147. The molecule has 0 saturated heterocycles. The van der Waals surface area contributed by atoms with Crippen molar-refractivity contribution in [1.82, 2.24) is 14.9 Å². The SMILES string of the molecule is CC(C)(C)NS(=O)(=O)Nc1[nH]ncc1C(N)=S. The minimum atomic E-state index is -3.70. The van der Waals surface area contributed by atoms with Gasteiger partial charge < -0.3 is 5.73 Å². The molecular formula is C8H15N5O2S2. The van der Waals surface area contributed by atoms with Gasteiger partial charge in [0.25, 0.3) is 0 Å². The molecule has 1 aromatic rings. The molecule has 9 heteroatoms. The van der Waals surface area contributed by atoms with Gasteiger partial charge in [0, 0.05) is 5.54 Å². The van der Waals surface area contributed by atoms with Crippen LogP contribution in [0, 0.1) is 0 Å². The minimum Gasteiger partial charge on any atom is -0.389 e. The molecule has 0 aromatic carbocycles. The molecule has 1 heterocycles. The van der Waals surface area contributed by atoms with Gasteiger partial charge in [0.2, 0.25) is 0 Å². The first-order chi connectivity index (χ1) is 7.61. The normalized spacial score (nSPS) is 12.4. The van der Waals surface area contributed by atoms with Gasteiger partial charge in [-0.2, -0.15) is 18.2 Å². The zero-order chi connectivity index (χ0) is 13.3. The Morgan fingerprint density at radius 1 is 1.53 bits per heavy atom. The summed E-state index contributed by atoms with van der Waals surface area (Å²) in [7, 11) is -3.70. The second-order valence-corrected chi connectivity index (χ2v) is 6.34. The number of thiocarbonyl (C=S) groups is 1. The van der Waals surface area contributed by atoms with Gasteiger partial charge in [-0.1, -0.05) is 12.2 Å². The van der Waals surface area contributed by atoms with E-state index in [9.17, 15) is 8.42 Å². The molecule has 1 aromatic heterocycles. The van der Waals surface area contributed by atoms with Gasteiger partial charge in [-0.3, -0.25) is 9.82 Å². The Kier molecular flexibility index (Phi) is 3.74. The number of nitrogens with two attached hydrogens (primary N) is 1. The summed E-state index contributed by atoms with van der Waals surface area (Å²) in [4.78, 5) is 0.0622. The van der Waals surface area contributed by atoms with E-state index in [1.807, 2.05) is 0 Å². The molecular weight excluding hydrogens is 262 g/mol. The fraction of sp³-hybridized carbons (Fsp3) is 0.500. The van der Waals surface area contributed by atoms with E-state index in [1.54, 1.807) is 20.8 Å². The number of nitrogens with one attached hydrogen (secondary N) is 3. The topological polar surface area (TPSA) is 113 Å². The lowest BCUT2D eigenvalue weighted by molar-refractivity contribution is 0.494. The molecule has 0 saturated carbocycles. The maximum atomic E-state index is 11.7. The fourth-order valence-corrected chi connectivity index (χ4v) is 2.55. The van der Waals surface area contributed by atoms with E-state index in [4.69, 9.17) is 18.0 Å². The van der Waals surface area contributed by atoms with Crippen LogP contribution in [0.15, 0.2) is 6.20 Å². The predicted octanol–water partition coefficient (Wildman–Crippen LogP) is 0.0887. The van der Waals surface area contributed by atoms with Crippen LogP contribution >= 0.6 is 12.2 Å². The summed E-state index contributed by atoms with van der Waals surface area (Å²) in [6.45, 7) is 5.19. The van der Waals surface area contributed by atoms with Gasteiger partial charge in [0.15, 0.2) is 0 Å². The molecule has 96 valence electrons. The van der Waals surface area contributed by atoms with Crippen LogP contribution in [0.3, 0.4) is 0 Å². The van der Waals surface area contributed by atoms with E-state index in [1.165, 1.54) is 6.20 Å². The van der Waals surface area contributed by atoms with Crippen molar-refractivity contribution in [3.8, 4) is 0 Å². The fourth-order valence-electron chi connectivity index (χ4n) is 1.11. The van der Waals surface area contributed by atoms with Crippen molar-refractivity contribution in [1.29, 1.82) is 0 Å². The summed E-state index contributed by atoms with van der Waals surface area (Å²) in [6, 6.07) is 0. The summed E-state index contributed by atoms with van der Waals surface area (Å²) < 4.78 is 28.2. The van der Waals surface area contributed by atoms with Crippen LogP contribution in [-0.4, -0.2) is 29.1 Å². The van der Waals surface area contributed by atoms with E-state index in [0.717, 1.165) is 0 Å². The monoisotopic (exact) mass is 277 g/mol. The van der Waals surface area contributed by atoms with E-state index in [2.05, 4.69) is 19.6 Å². The van der Waals surface area contributed by atoms with Crippen LogP contribution in [0.5, 0.6) is 0 Å². The summed E-state index contributed by atoms with van der Waals surface area (Å²) >= 11 is 4.76. The van der Waals surface area contributed by atoms with Crippen molar-refractivity contribution in [2.45, 2.75) is 26.3 Å². The number of H-pyrrole nitrogens is 1. The maximum absolute atomic E-state index is 11.7. The summed E-state index contributed by atoms with van der Waals surface area (Å²) in [5, 5.41) is 6.16. The second kappa shape index (κ2) is 4.59. The van der Waals surface area contributed by atoms with Gasteiger partial charge in [-0.05, 0) is 20.8 Å². The molecule has 0 atom stereocenters. The van der Waals surface area contributed by atoms with Crippen molar-refractivity contribution < 1.29 is 8.42 Å². The number of anilines is 1. The molecule has 5 N–H and O–H groups in total. The zero-order valence-electron chi connectivity index (χ0n) is 9.73. The minimum absolute atomic E-state index is 0.0622. The Balaban J connectivity index is 2.91. The Bertz CT molecular complexity index is 514. The number of aromatic amines is 1. The van der Waals surface area contributed by atoms with Gasteiger partial charge in [-0.15, -0.1) is 0 Å². The average Bonchev–Trinajstić information content (AvgIpc) is 2.45. The first kappa shape index (κ1) is 13.9. The van der Waals surface area contributed by atoms with Gasteiger partial charge in [0.05, 0.1) is 11.8 Å². The van der Waals surface area contributed by atoms with Crippen molar-refractivity contribution in [3.63, 3.8) is 0 Å². The smallest absolute Gasteiger partial charge is 0.300 e. The highest BCUT2D eigenvalue weighted by molar-refractivity contribution is 7.90. The van der Waals surface area contributed by atoms with Crippen LogP contribution < -0.4 is 15.2 Å². The van der Waals surface area contributed by atoms with Gasteiger partial charge >= 0.3 is 10.2 Å². The standard InChI is InChI=1S/C8H15N5O2S2/c1-8(2,3)13-17(14,15)12-7-5(6(9)16)4-10-11-7/h4,13H,1-3H3,(H2,9,16)(H2,10,11,12). The van der Waals surface area contributed by atoms with E-state index >= 15 is 0 Å². The van der Waals surface area contributed by atoms with Crippen LogP contribution in [-0.2, 0) is 10.2 Å². The quantitative estimate of drug-likeness (QED) is 0.583. The number of nitrogens with zero attached hydrogens (tertiary/aromatic N) is 1. The molecule has 0 aliphatic heterocycles. The third kappa shape index (κ3) is 4.29. The van der Waals surface area contributed by atoms with Crippen LogP contribution in [0.4, 0.5) is 5.82 Å². The van der Waals surface area contributed by atoms with E-state index < -0.39 is 15.7 Å². The summed E-state index contributed by atoms with van der Waals surface area (Å²) in [6.07, 6.45) is 1.36. The molecule has 7 nitrogen and oxygen atoms in total. The highest BCUT2D eigenvalue weighted by atomic mass is 32.2. The Morgan fingerprint density at radius 2 is 2.12 bits per heavy atom. The van der Waals surface area contributed by atoms with Gasteiger partial charge in [0.1, 0.15) is 10.8 Å². The molecule has 0 aliphatic carbocycles. The van der Waals surface area contributed by atoms with E-state index in [-0.39, 0.29) is 10.8 Å². The predicted molar refractivity (Wildman–Crippen MR) is 69.9 cm³/mol. The third-order valence-electron chi connectivity index (χ3n) is 1.58. The molecule has 1 rings (SSSR count).